The van der Waals surface area contributed by atoms with E-state index in [1.54, 1.807) is 0 Å². The van der Waals surface area contributed by atoms with Crippen molar-refractivity contribution in [3.05, 3.63) is 0 Å². The van der Waals surface area contributed by atoms with Crippen molar-refractivity contribution in [2.24, 2.45) is 0 Å². The number of likely N-dealkylation sites (tertiary alicyclic amines) is 1. The van der Waals surface area contributed by atoms with Gasteiger partial charge in [-0.3, -0.25) is 0 Å². The summed E-state index contributed by atoms with van der Waals surface area (Å²) >= 11 is 0. The summed E-state index contributed by atoms with van der Waals surface area (Å²) in [5.74, 6) is 0. The van der Waals surface area contributed by atoms with Gasteiger partial charge >= 0.3 is 0 Å². The highest BCUT2D eigenvalue weighted by atomic mass is 15.2. The van der Waals surface area contributed by atoms with Gasteiger partial charge in [-0.1, -0.05) is 6.92 Å². The molecule has 3 nitrogen and oxygen atoms in total. The summed E-state index contributed by atoms with van der Waals surface area (Å²) in [4.78, 5) is 7.41. The molecule has 1 heterocycles. The summed E-state index contributed by atoms with van der Waals surface area (Å²) in [5.41, 5.74) is 0. The lowest BCUT2D eigenvalue weighted by atomic mass is 10.0. The minimum Gasteiger partial charge on any atom is -0.309 e. The molecule has 1 fully saturated rings. The van der Waals surface area contributed by atoms with Crippen LogP contribution in [-0.4, -0.2) is 74.6 Å². The molecule has 1 saturated heterocycles. The molecular weight excluding hydrogens is 198 g/mol. The summed E-state index contributed by atoms with van der Waals surface area (Å²) in [5, 5.41) is 0. The maximum absolute atomic E-state index is 2.68. The lowest BCUT2D eigenvalue weighted by Crippen LogP contribution is -2.44. The van der Waals surface area contributed by atoms with Crippen LogP contribution < -0.4 is 0 Å². The highest BCUT2D eigenvalue weighted by Crippen LogP contribution is 2.15. The van der Waals surface area contributed by atoms with E-state index >= 15 is 0 Å². The third-order valence-electron chi connectivity index (χ3n) is 3.66. The van der Waals surface area contributed by atoms with Gasteiger partial charge in [0.2, 0.25) is 0 Å². The predicted octanol–water partition coefficient (Wildman–Crippen LogP) is 1.35. The van der Waals surface area contributed by atoms with Crippen LogP contribution in [0.3, 0.4) is 0 Å². The minimum atomic E-state index is 0.836. The summed E-state index contributed by atoms with van der Waals surface area (Å²) in [6, 6.07) is 0.836. The fraction of sp³-hybridized carbons (Fsp3) is 1.00. The van der Waals surface area contributed by atoms with E-state index in [1.807, 2.05) is 0 Å². The maximum atomic E-state index is 2.68. The van der Waals surface area contributed by atoms with Crippen LogP contribution >= 0.6 is 0 Å². The number of hydrogen-bond acceptors (Lipinski definition) is 3. The Morgan fingerprint density at radius 3 is 2.25 bits per heavy atom. The maximum Gasteiger partial charge on any atom is 0.0119 e. The van der Waals surface area contributed by atoms with E-state index in [4.69, 9.17) is 0 Å². The fourth-order valence-corrected chi connectivity index (χ4v) is 2.55. The predicted molar refractivity (Wildman–Crippen MR) is 70.9 cm³/mol. The van der Waals surface area contributed by atoms with Crippen molar-refractivity contribution in [1.29, 1.82) is 0 Å². The number of hydrogen-bond donors (Lipinski definition) is 0. The van der Waals surface area contributed by atoms with Gasteiger partial charge in [0, 0.05) is 6.04 Å². The fourth-order valence-electron chi connectivity index (χ4n) is 2.55. The summed E-state index contributed by atoms with van der Waals surface area (Å²) < 4.78 is 0. The Kier molecular flexibility index (Phi) is 6.32. The monoisotopic (exact) mass is 227 g/mol. The van der Waals surface area contributed by atoms with E-state index in [-0.39, 0.29) is 0 Å². The summed E-state index contributed by atoms with van der Waals surface area (Å²) in [6.45, 7) is 8.53. The first-order valence-electron chi connectivity index (χ1n) is 6.70. The lowest BCUT2D eigenvalue weighted by Gasteiger charge is -2.37. The van der Waals surface area contributed by atoms with Crippen molar-refractivity contribution in [2.75, 3.05) is 53.9 Å². The molecule has 3 heteroatoms. The quantitative estimate of drug-likeness (QED) is 0.678. The van der Waals surface area contributed by atoms with E-state index in [1.165, 1.54) is 52.0 Å². The molecule has 0 aromatic carbocycles. The van der Waals surface area contributed by atoms with Crippen LogP contribution in [0, 0.1) is 0 Å². The molecule has 1 rings (SSSR count). The van der Waals surface area contributed by atoms with Crippen LogP contribution in [0.25, 0.3) is 0 Å². The molecule has 0 bridgehead atoms. The van der Waals surface area contributed by atoms with Gasteiger partial charge in [-0.05, 0) is 73.1 Å². The van der Waals surface area contributed by atoms with E-state index in [2.05, 4.69) is 42.8 Å². The molecule has 1 aliphatic rings. The average Bonchev–Trinajstić information content (AvgIpc) is 2.26. The second-order valence-corrected chi connectivity index (χ2v) is 5.32. The molecule has 1 aliphatic heterocycles. The van der Waals surface area contributed by atoms with Crippen LogP contribution in [0.15, 0.2) is 0 Å². The van der Waals surface area contributed by atoms with Gasteiger partial charge in [0.25, 0.3) is 0 Å². The Morgan fingerprint density at radius 2 is 1.75 bits per heavy atom. The number of nitrogens with zero attached hydrogens (tertiary/aromatic N) is 3. The minimum absolute atomic E-state index is 0.836. The molecular formula is C13H29N3. The molecule has 0 aromatic heterocycles. The highest BCUT2D eigenvalue weighted by Gasteiger charge is 2.21. The Balaban J connectivity index is 2.24. The summed E-state index contributed by atoms with van der Waals surface area (Å²) in [6.07, 6.45) is 4.01. The third kappa shape index (κ3) is 4.81. The molecule has 0 spiro atoms. The molecule has 0 amide bonds. The molecule has 0 aliphatic carbocycles. The number of piperidine rings is 1. The second kappa shape index (κ2) is 7.25. The van der Waals surface area contributed by atoms with Gasteiger partial charge in [0.15, 0.2) is 0 Å². The van der Waals surface area contributed by atoms with Gasteiger partial charge in [0.05, 0.1) is 0 Å². The molecule has 16 heavy (non-hydrogen) atoms. The first-order valence-corrected chi connectivity index (χ1v) is 6.70. The summed E-state index contributed by atoms with van der Waals surface area (Å²) in [7, 11) is 6.55. The van der Waals surface area contributed by atoms with Gasteiger partial charge in [-0.25, -0.2) is 0 Å². The number of rotatable bonds is 6. The normalized spacial score (nSPS) is 19.9. The van der Waals surface area contributed by atoms with Crippen molar-refractivity contribution in [1.82, 2.24) is 14.7 Å². The Hall–Kier alpha value is -0.120. The molecule has 0 radical (unpaired) electrons. The molecule has 0 N–H and O–H groups in total. The first kappa shape index (κ1) is 13.9. The third-order valence-corrected chi connectivity index (χ3v) is 3.66. The largest absolute Gasteiger partial charge is 0.309 e. The van der Waals surface area contributed by atoms with Crippen LogP contribution in [0.4, 0.5) is 0 Å². The van der Waals surface area contributed by atoms with E-state index in [0.717, 1.165) is 6.04 Å². The van der Waals surface area contributed by atoms with Crippen molar-refractivity contribution >= 4 is 0 Å². The zero-order valence-electron chi connectivity index (χ0n) is 11.6. The van der Waals surface area contributed by atoms with Gasteiger partial charge in [0.1, 0.15) is 0 Å². The highest BCUT2D eigenvalue weighted by molar-refractivity contribution is 4.78. The Labute approximate surface area is 101 Å². The second-order valence-electron chi connectivity index (χ2n) is 5.32. The molecule has 96 valence electrons. The van der Waals surface area contributed by atoms with E-state index < -0.39 is 0 Å². The van der Waals surface area contributed by atoms with Gasteiger partial charge < -0.3 is 14.7 Å². The van der Waals surface area contributed by atoms with Crippen LogP contribution in [0.5, 0.6) is 0 Å². The smallest absolute Gasteiger partial charge is 0.0119 e. The van der Waals surface area contributed by atoms with Crippen LogP contribution in [-0.2, 0) is 0 Å². The molecule has 0 unspecified atom stereocenters. The zero-order valence-corrected chi connectivity index (χ0v) is 11.6. The van der Waals surface area contributed by atoms with Crippen LogP contribution in [0.2, 0.25) is 0 Å². The first-order chi connectivity index (χ1) is 7.63. The van der Waals surface area contributed by atoms with Gasteiger partial charge in [-0.2, -0.15) is 0 Å². The van der Waals surface area contributed by atoms with Crippen LogP contribution in [0.1, 0.15) is 26.2 Å². The van der Waals surface area contributed by atoms with Crippen molar-refractivity contribution in [3.63, 3.8) is 0 Å². The molecule has 0 atom stereocenters. The Morgan fingerprint density at radius 1 is 1.12 bits per heavy atom. The van der Waals surface area contributed by atoms with E-state index in [9.17, 15) is 0 Å². The standard InChI is InChI=1S/C13H29N3/c1-5-16(10-6-9-14(2)3)13-7-11-15(4)12-8-13/h13H,5-12H2,1-4H3. The Bertz CT molecular complexity index is 174. The topological polar surface area (TPSA) is 9.72 Å². The SMILES string of the molecule is CCN(CCCN(C)C)C1CCN(C)CC1. The molecule has 0 aromatic rings. The van der Waals surface area contributed by atoms with E-state index in [0.29, 0.717) is 0 Å². The average molecular weight is 227 g/mol. The van der Waals surface area contributed by atoms with Crippen molar-refractivity contribution < 1.29 is 0 Å². The zero-order chi connectivity index (χ0) is 12.0. The lowest BCUT2D eigenvalue weighted by molar-refractivity contribution is 0.122. The van der Waals surface area contributed by atoms with Crippen molar-refractivity contribution in [2.45, 2.75) is 32.2 Å². The molecule has 0 saturated carbocycles. The van der Waals surface area contributed by atoms with Crippen molar-refractivity contribution in [3.8, 4) is 0 Å². The van der Waals surface area contributed by atoms with Gasteiger partial charge in [-0.15, -0.1) is 0 Å².